The van der Waals surface area contributed by atoms with E-state index in [0.29, 0.717) is 35.9 Å². The highest BCUT2D eigenvalue weighted by molar-refractivity contribution is 5.94. The lowest BCUT2D eigenvalue weighted by atomic mass is 10.1. The van der Waals surface area contributed by atoms with E-state index in [9.17, 15) is 20.0 Å². The minimum Gasteiger partial charge on any atom is -0.507 e. The van der Waals surface area contributed by atoms with Crippen molar-refractivity contribution in [3.8, 4) is 23.0 Å². The van der Waals surface area contributed by atoms with E-state index in [0.717, 1.165) is 19.3 Å². The molecular formula is C21H23NO9. The molecule has 0 amide bonds. The van der Waals surface area contributed by atoms with E-state index < -0.39 is 10.5 Å². The number of nitrogens with zero attached hydrogens (tertiary/aromatic N) is 1. The molecule has 0 aliphatic heterocycles. The number of hydrogen-bond acceptors (Lipinski definition) is 9. The van der Waals surface area contributed by atoms with Gasteiger partial charge >= 0.3 is 0 Å². The molecule has 0 atom stereocenters. The fourth-order valence-electron chi connectivity index (χ4n) is 3.23. The Labute approximate surface area is 177 Å². The maximum atomic E-state index is 12.9. The van der Waals surface area contributed by atoms with Gasteiger partial charge in [0.2, 0.25) is 5.43 Å². The third kappa shape index (κ3) is 5.08. The number of methoxy groups -OCH3 is 2. The van der Waals surface area contributed by atoms with Crippen molar-refractivity contribution < 1.29 is 33.7 Å². The number of hydrogen-bond donors (Lipinski definition) is 1. The molecule has 1 aromatic heterocycles. The number of benzene rings is 2. The summed E-state index contributed by atoms with van der Waals surface area (Å²) in [5.74, 6) is 0.920. The molecule has 166 valence electrons. The molecule has 0 bridgehead atoms. The predicted octanol–water partition coefficient (Wildman–Crippen LogP) is 3.82. The molecule has 0 saturated heterocycles. The van der Waals surface area contributed by atoms with Crippen LogP contribution in [0.15, 0.2) is 33.5 Å². The molecule has 31 heavy (non-hydrogen) atoms. The van der Waals surface area contributed by atoms with Gasteiger partial charge in [0.1, 0.15) is 28.1 Å². The van der Waals surface area contributed by atoms with Crippen LogP contribution in [0.5, 0.6) is 23.0 Å². The SMILES string of the molecule is COc1cc2oc3cc(OCCCCCCO[N+](=O)[O-])cc(O)c3c(=O)c2cc1OC. The summed E-state index contributed by atoms with van der Waals surface area (Å²) >= 11 is 0. The van der Waals surface area contributed by atoms with Crippen molar-refractivity contribution in [3.05, 3.63) is 44.6 Å². The molecule has 1 N–H and O–H groups in total. The van der Waals surface area contributed by atoms with Crippen LogP contribution in [0.3, 0.4) is 0 Å². The van der Waals surface area contributed by atoms with Gasteiger partial charge in [0.25, 0.3) is 5.09 Å². The first kappa shape index (κ1) is 22.0. The molecule has 0 fully saturated rings. The Morgan fingerprint density at radius 3 is 2.32 bits per heavy atom. The monoisotopic (exact) mass is 433 g/mol. The molecule has 3 rings (SSSR count). The van der Waals surface area contributed by atoms with Crippen LogP contribution in [0.4, 0.5) is 0 Å². The molecular weight excluding hydrogens is 410 g/mol. The van der Waals surface area contributed by atoms with Crippen molar-refractivity contribution in [2.75, 3.05) is 27.4 Å². The Bertz CT molecular complexity index is 1140. The lowest BCUT2D eigenvalue weighted by Gasteiger charge is -2.11. The molecule has 3 aromatic rings. The highest BCUT2D eigenvalue weighted by atomic mass is 16.9. The molecule has 0 aliphatic rings. The topological polar surface area (TPSA) is 130 Å². The number of ether oxygens (including phenoxy) is 3. The standard InChI is InChI=1S/C21H23NO9/c1-27-17-11-14-16(12-18(17)28-2)31-19-10-13(9-15(23)20(19)21(14)24)29-7-5-3-4-6-8-30-22(25)26/h9-12,23H,3-8H2,1-2H3. The van der Waals surface area contributed by atoms with Crippen LogP contribution in [0.1, 0.15) is 25.7 Å². The van der Waals surface area contributed by atoms with Gasteiger partial charge in [-0.15, -0.1) is 10.1 Å². The first-order chi connectivity index (χ1) is 14.9. The fourth-order valence-corrected chi connectivity index (χ4v) is 3.23. The average Bonchev–Trinajstić information content (AvgIpc) is 2.74. The van der Waals surface area contributed by atoms with Gasteiger partial charge in [-0.05, 0) is 18.9 Å². The summed E-state index contributed by atoms with van der Waals surface area (Å²) in [5, 5.41) is 20.0. The van der Waals surface area contributed by atoms with E-state index in [1.807, 2.05) is 0 Å². The Morgan fingerprint density at radius 1 is 0.968 bits per heavy atom. The van der Waals surface area contributed by atoms with Gasteiger partial charge in [-0.25, -0.2) is 0 Å². The number of phenols is 1. The zero-order valence-electron chi connectivity index (χ0n) is 17.2. The Kier molecular flexibility index (Phi) is 7.01. The summed E-state index contributed by atoms with van der Waals surface area (Å²) in [6.45, 7) is 0.458. The smallest absolute Gasteiger partial charge is 0.294 e. The number of aromatic hydroxyl groups is 1. The van der Waals surface area contributed by atoms with E-state index in [4.69, 9.17) is 18.6 Å². The second-order valence-electron chi connectivity index (χ2n) is 6.77. The van der Waals surface area contributed by atoms with E-state index in [-0.39, 0.29) is 28.7 Å². The summed E-state index contributed by atoms with van der Waals surface area (Å²) < 4.78 is 22.0. The molecule has 0 saturated carbocycles. The summed E-state index contributed by atoms with van der Waals surface area (Å²) in [4.78, 5) is 27.2. The quantitative estimate of drug-likeness (QED) is 0.207. The van der Waals surface area contributed by atoms with Crippen molar-refractivity contribution in [1.29, 1.82) is 0 Å². The van der Waals surface area contributed by atoms with Gasteiger partial charge in [0.15, 0.2) is 11.5 Å². The Balaban J connectivity index is 1.74. The van der Waals surface area contributed by atoms with Gasteiger partial charge in [0, 0.05) is 18.2 Å². The highest BCUT2D eigenvalue weighted by Gasteiger charge is 2.16. The van der Waals surface area contributed by atoms with Crippen LogP contribution < -0.4 is 19.6 Å². The molecule has 1 heterocycles. The van der Waals surface area contributed by atoms with Crippen LogP contribution in [-0.4, -0.2) is 37.6 Å². The van der Waals surface area contributed by atoms with Crippen LogP contribution in [-0.2, 0) is 4.84 Å². The number of rotatable bonds is 11. The van der Waals surface area contributed by atoms with Gasteiger partial charge < -0.3 is 28.6 Å². The van der Waals surface area contributed by atoms with E-state index in [2.05, 4.69) is 4.84 Å². The van der Waals surface area contributed by atoms with Gasteiger partial charge in [0.05, 0.1) is 32.8 Å². The molecule has 0 spiro atoms. The molecule has 10 nitrogen and oxygen atoms in total. The maximum absolute atomic E-state index is 12.9. The predicted molar refractivity (Wildman–Crippen MR) is 112 cm³/mol. The summed E-state index contributed by atoms with van der Waals surface area (Å²) in [5.41, 5.74) is 0.0958. The summed E-state index contributed by atoms with van der Waals surface area (Å²) in [6.07, 6.45) is 2.88. The third-order valence-electron chi connectivity index (χ3n) is 4.74. The van der Waals surface area contributed by atoms with Crippen molar-refractivity contribution in [2.45, 2.75) is 25.7 Å². The van der Waals surface area contributed by atoms with Gasteiger partial charge in [-0.1, -0.05) is 12.8 Å². The first-order valence-electron chi connectivity index (χ1n) is 9.70. The van der Waals surface area contributed by atoms with Crippen molar-refractivity contribution in [2.24, 2.45) is 0 Å². The Morgan fingerprint density at radius 2 is 1.65 bits per heavy atom. The van der Waals surface area contributed by atoms with Crippen LogP contribution in [0, 0.1) is 10.1 Å². The molecule has 10 heteroatoms. The van der Waals surface area contributed by atoms with E-state index in [1.54, 1.807) is 12.1 Å². The number of fused-ring (bicyclic) bond motifs is 2. The lowest BCUT2D eigenvalue weighted by molar-refractivity contribution is -0.757. The third-order valence-corrected chi connectivity index (χ3v) is 4.74. The van der Waals surface area contributed by atoms with Gasteiger partial charge in [-0.2, -0.15) is 0 Å². The van der Waals surface area contributed by atoms with Crippen molar-refractivity contribution >= 4 is 21.9 Å². The summed E-state index contributed by atoms with van der Waals surface area (Å²) in [6, 6.07) is 6.00. The largest absolute Gasteiger partial charge is 0.507 e. The van der Waals surface area contributed by atoms with Crippen molar-refractivity contribution in [3.63, 3.8) is 0 Å². The number of phenolic OH excluding ortho intramolecular Hbond substituents is 1. The minimum atomic E-state index is -0.802. The fraction of sp³-hybridized carbons (Fsp3) is 0.381. The summed E-state index contributed by atoms with van der Waals surface area (Å²) in [7, 11) is 2.95. The van der Waals surface area contributed by atoms with Crippen LogP contribution in [0.25, 0.3) is 21.9 Å². The Hall–Kier alpha value is -3.69. The maximum Gasteiger partial charge on any atom is 0.294 e. The normalized spacial score (nSPS) is 10.9. The van der Waals surface area contributed by atoms with E-state index in [1.165, 1.54) is 26.4 Å². The minimum absolute atomic E-state index is 0.0536. The second kappa shape index (κ2) is 9.88. The highest BCUT2D eigenvalue weighted by Crippen LogP contribution is 2.35. The van der Waals surface area contributed by atoms with Gasteiger partial charge in [-0.3, -0.25) is 4.79 Å². The van der Waals surface area contributed by atoms with E-state index >= 15 is 0 Å². The zero-order valence-corrected chi connectivity index (χ0v) is 17.2. The van der Waals surface area contributed by atoms with Crippen molar-refractivity contribution in [1.82, 2.24) is 0 Å². The molecule has 0 aliphatic carbocycles. The molecule has 0 unspecified atom stereocenters. The van der Waals surface area contributed by atoms with Crippen LogP contribution >= 0.6 is 0 Å². The molecule has 0 radical (unpaired) electrons. The number of unbranched alkanes of at least 4 members (excludes halogenated alkanes) is 3. The first-order valence-corrected chi connectivity index (χ1v) is 9.70. The second-order valence-corrected chi connectivity index (χ2v) is 6.77. The molecule has 2 aromatic carbocycles. The average molecular weight is 433 g/mol. The lowest BCUT2D eigenvalue weighted by Crippen LogP contribution is -2.05. The van der Waals surface area contributed by atoms with Crippen LogP contribution in [0.2, 0.25) is 0 Å². The zero-order chi connectivity index (χ0) is 22.4.